The second-order valence-corrected chi connectivity index (χ2v) is 6.28. The monoisotopic (exact) mass is 339 g/mol. The van der Waals surface area contributed by atoms with Crippen LogP contribution < -0.4 is 5.32 Å². The van der Waals surface area contributed by atoms with Crippen LogP contribution in [0.4, 0.5) is 8.78 Å². The molecule has 2 saturated heterocycles. The van der Waals surface area contributed by atoms with E-state index in [4.69, 9.17) is 0 Å². The molecule has 1 aromatic rings. The quantitative estimate of drug-likeness (QED) is 0.845. The van der Waals surface area contributed by atoms with E-state index in [1.54, 1.807) is 9.80 Å². The van der Waals surface area contributed by atoms with Crippen LogP contribution in [0.5, 0.6) is 0 Å². The molecule has 2 amide bonds. The summed E-state index contributed by atoms with van der Waals surface area (Å²) in [5, 5.41) is 2.61. The molecule has 1 N–H and O–H groups in total. The maximum absolute atomic E-state index is 13.8. The van der Waals surface area contributed by atoms with E-state index < -0.39 is 12.0 Å². The molecule has 0 unspecified atom stereocenters. The van der Waals surface area contributed by atoms with Crippen molar-refractivity contribution in [1.29, 1.82) is 0 Å². The first kappa shape index (κ1) is 16.7. The van der Waals surface area contributed by atoms with Gasteiger partial charge in [-0.05, 0) is 6.07 Å². The van der Waals surface area contributed by atoms with E-state index in [0.29, 0.717) is 18.8 Å². The van der Waals surface area contributed by atoms with Gasteiger partial charge in [-0.1, -0.05) is 0 Å². The third kappa shape index (κ3) is 3.50. The Kier molecular flexibility index (Phi) is 4.44. The molecule has 1 aromatic heterocycles. The number of carbonyl (C=O) groups is 2. The van der Waals surface area contributed by atoms with Crippen molar-refractivity contribution in [3.05, 3.63) is 24.3 Å². The zero-order valence-corrected chi connectivity index (χ0v) is 13.3. The molecule has 0 spiro atoms. The average molecular weight is 339 g/mol. The predicted octanol–water partition coefficient (Wildman–Crippen LogP) is 0.147. The van der Waals surface area contributed by atoms with Gasteiger partial charge in [0, 0.05) is 51.3 Å². The van der Waals surface area contributed by atoms with Gasteiger partial charge in [0.15, 0.2) is 0 Å². The lowest BCUT2D eigenvalue weighted by molar-refractivity contribution is -0.119. The molecule has 1 atom stereocenters. The highest BCUT2D eigenvalue weighted by atomic mass is 19.3. The first-order chi connectivity index (χ1) is 11.4. The van der Waals surface area contributed by atoms with Crippen LogP contribution in [0.1, 0.15) is 23.8 Å². The highest BCUT2D eigenvalue weighted by molar-refractivity contribution is 5.92. The van der Waals surface area contributed by atoms with Crippen molar-refractivity contribution >= 4 is 11.8 Å². The lowest BCUT2D eigenvalue weighted by Crippen LogP contribution is -2.63. The number of nitrogens with one attached hydrogen (secondary N) is 1. The molecule has 0 radical (unpaired) electrons. The topological polar surface area (TPSA) is 78.4 Å². The largest absolute Gasteiger partial charge is 0.355 e. The smallest absolute Gasteiger partial charge is 0.272 e. The Bertz CT molecular complexity index is 622. The van der Waals surface area contributed by atoms with Crippen LogP contribution in [-0.2, 0) is 4.79 Å². The Balaban J connectivity index is 1.59. The van der Waals surface area contributed by atoms with Gasteiger partial charge in [-0.2, -0.15) is 0 Å². The van der Waals surface area contributed by atoms with E-state index in [2.05, 4.69) is 15.3 Å². The number of amides is 2. The summed E-state index contributed by atoms with van der Waals surface area (Å²) in [6, 6.07) is 0.993. The van der Waals surface area contributed by atoms with Gasteiger partial charge in [-0.15, -0.1) is 0 Å². The maximum atomic E-state index is 13.8. The van der Waals surface area contributed by atoms with Crippen LogP contribution in [-0.4, -0.2) is 75.8 Å². The third-order valence-electron chi connectivity index (χ3n) is 4.42. The van der Waals surface area contributed by atoms with E-state index in [0.717, 1.165) is 0 Å². The highest BCUT2D eigenvalue weighted by Crippen LogP contribution is 2.35. The van der Waals surface area contributed by atoms with Crippen LogP contribution in [0.3, 0.4) is 0 Å². The summed E-state index contributed by atoms with van der Waals surface area (Å²) < 4.78 is 27.5. The summed E-state index contributed by atoms with van der Waals surface area (Å²) in [6.45, 7) is 1.99. The Labute approximate surface area is 138 Å². The molecule has 0 saturated carbocycles. The minimum Gasteiger partial charge on any atom is -0.355 e. The number of alkyl halides is 2. The first-order valence-electron chi connectivity index (χ1n) is 7.79. The second kappa shape index (κ2) is 6.39. The minimum absolute atomic E-state index is 0.122. The second-order valence-electron chi connectivity index (χ2n) is 6.28. The maximum Gasteiger partial charge on any atom is 0.272 e. The van der Waals surface area contributed by atoms with Gasteiger partial charge < -0.3 is 10.2 Å². The molecule has 3 heterocycles. The molecule has 0 aromatic carbocycles. The summed E-state index contributed by atoms with van der Waals surface area (Å²) in [5.74, 6) is -3.22. The lowest BCUT2D eigenvalue weighted by Gasteiger charge is -2.45. The number of nitrogens with zero attached hydrogens (tertiary/aromatic N) is 4. The van der Waals surface area contributed by atoms with Crippen molar-refractivity contribution in [3.8, 4) is 0 Å². The fraction of sp³-hybridized carbons (Fsp3) is 0.600. The van der Waals surface area contributed by atoms with E-state index >= 15 is 0 Å². The molecule has 0 bridgehead atoms. The Morgan fingerprint density at radius 1 is 1.42 bits per heavy atom. The van der Waals surface area contributed by atoms with Gasteiger partial charge in [0.25, 0.3) is 11.8 Å². The van der Waals surface area contributed by atoms with Gasteiger partial charge in [0.2, 0.25) is 5.91 Å². The molecule has 0 aliphatic carbocycles. The number of hydrogen-bond donors (Lipinski definition) is 1. The fourth-order valence-corrected chi connectivity index (χ4v) is 3.21. The molecule has 7 nitrogen and oxygen atoms in total. The summed E-state index contributed by atoms with van der Waals surface area (Å²) in [4.78, 5) is 34.2. The van der Waals surface area contributed by atoms with Crippen molar-refractivity contribution in [3.63, 3.8) is 0 Å². The summed E-state index contributed by atoms with van der Waals surface area (Å²) in [5.41, 5.74) is 0.296. The standard InChI is InChI=1S/C15H19F2N5O2/c1-10(23)19-5-11-4-15(16,17)8-22(11)12-6-21(7-12)14(24)13-2-3-18-9-20-13/h2-3,9,11-12H,4-8H2,1H3,(H,19,23)/t11-/m0/s1. The Hall–Kier alpha value is -2.16. The zero-order chi connectivity index (χ0) is 17.3. The molecular weight excluding hydrogens is 320 g/mol. The van der Waals surface area contributed by atoms with Gasteiger partial charge in [0.05, 0.1) is 6.54 Å². The summed E-state index contributed by atoms with van der Waals surface area (Å²) in [6.07, 6.45) is 2.51. The summed E-state index contributed by atoms with van der Waals surface area (Å²) in [7, 11) is 0. The number of halogens is 2. The lowest BCUT2D eigenvalue weighted by atomic mass is 10.0. The Morgan fingerprint density at radius 3 is 2.79 bits per heavy atom. The third-order valence-corrected chi connectivity index (χ3v) is 4.42. The van der Waals surface area contributed by atoms with Gasteiger partial charge >= 0.3 is 0 Å². The molecule has 2 aliphatic rings. The van der Waals surface area contributed by atoms with Crippen LogP contribution in [0.25, 0.3) is 0 Å². The fourth-order valence-electron chi connectivity index (χ4n) is 3.21. The normalized spacial score (nSPS) is 23.8. The highest BCUT2D eigenvalue weighted by Gasteiger charge is 2.50. The van der Waals surface area contributed by atoms with Crippen LogP contribution in [0, 0.1) is 0 Å². The van der Waals surface area contributed by atoms with Crippen LogP contribution in [0.15, 0.2) is 18.6 Å². The van der Waals surface area contributed by atoms with Gasteiger partial charge in [-0.25, -0.2) is 18.7 Å². The number of carbonyl (C=O) groups excluding carboxylic acids is 2. The van der Waals surface area contributed by atoms with E-state index in [1.165, 1.54) is 25.5 Å². The molecule has 3 rings (SSSR count). The zero-order valence-electron chi connectivity index (χ0n) is 13.3. The number of aromatic nitrogens is 2. The molecule has 130 valence electrons. The van der Waals surface area contributed by atoms with Gasteiger partial charge in [-0.3, -0.25) is 14.5 Å². The number of rotatable bonds is 4. The molecular formula is C15H19F2N5O2. The van der Waals surface area contributed by atoms with Gasteiger partial charge in [0.1, 0.15) is 12.0 Å². The number of likely N-dealkylation sites (tertiary alicyclic amines) is 2. The van der Waals surface area contributed by atoms with Crippen molar-refractivity contribution in [2.45, 2.75) is 31.4 Å². The molecule has 9 heteroatoms. The van der Waals surface area contributed by atoms with E-state index in [-0.39, 0.29) is 37.4 Å². The van der Waals surface area contributed by atoms with Crippen LogP contribution >= 0.6 is 0 Å². The van der Waals surface area contributed by atoms with Crippen molar-refractivity contribution in [1.82, 2.24) is 25.1 Å². The summed E-state index contributed by atoms with van der Waals surface area (Å²) >= 11 is 0. The van der Waals surface area contributed by atoms with Crippen LogP contribution in [0.2, 0.25) is 0 Å². The molecule has 2 aliphatic heterocycles. The van der Waals surface area contributed by atoms with E-state index in [9.17, 15) is 18.4 Å². The van der Waals surface area contributed by atoms with E-state index in [1.807, 2.05) is 0 Å². The van der Waals surface area contributed by atoms with Crippen molar-refractivity contribution < 1.29 is 18.4 Å². The Morgan fingerprint density at radius 2 is 2.17 bits per heavy atom. The predicted molar refractivity (Wildman–Crippen MR) is 80.5 cm³/mol. The SMILES string of the molecule is CC(=O)NC[C@@H]1CC(F)(F)CN1C1CN(C(=O)c2ccncn2)C1. The van der Waals surface area contributed by atoms with Crippen molar-refractivity contribution in [2.75, 3.05) is 26.2 Å². The average Bonchev–Trinajstić information content (AvgIpc) is 2.79. The van der Waals surface area contributed by atoms with Crippen molar-refractivity contribution in [2.24, 2.45) is 0 Å². The minimum atomic E-state index is -2.76. The molecule has 24 heavy (non-hydrogen) atoms. The first-order valence-corrected chi connectivity index (χ1v) is 7.79. The molecule has 2 fully saturated rings. The number of hydrogen-bond acceptors (Lipinski definition) is 5.